The number of furan rings is 1. The summed E-state index contributed by atoms with van der Waals surface area (Å²) in [7, 11) is -3.68. The van der Waals surface area contributed by atoms with Crippen molar-refractivity contribution in [3.05, 3.63) is 77.7 Å². The molecule has 1 heterocycles. The lowest BCUT2D eigenvalue weighted by atomic mass is 10.1. The summed E-state index contributed by atoms with van der Waals surface area (Å²) in [6, 6.07) is 14.9. The molecule has 1 amide bonds. The number of benzene rings is 2. The van der Waals surface area contributed by atoms with Gasteiger partial charge in [-0.15, -0.1) is 0 Å². The van der Waals surface area contributed by atoms with Crippen LogP contribution in [0.25, 0.3) is 0 Å². The summed E-state index contributed by atoms with van der Waals surface area (Å²) in [5, 5.41) is 2.68. The van der Waals surface area contributed by atoms with Crippen LogP contribution in [0.15, 0.2) is 70.2 Å². The predicted octanol–water partition coefficient (Wildman–Crippen LogP) is 3.39. The minimum atomic E-state index is -3.68. The van der Waals surface area contributed by atoms with Gasteiger partial charge in [0.2, 0.25) is 10.0 Å². The Morgan fingerprint density at radius 1 is 1.03 bits per heavy atom. The number of carbonyl (C=O) groups excluding carboxylic acids is 1. The van der Waals surface area contributed by atoms with Gasteiger partial charge < -0.3 is 14.5 Å². The molecule has 3 aromatic rings. The van der Waals surface area contributed by atoms with Crippen LogP contribution in [-0.4, -0.2) is 20.9 Å². The number of ether oxygens (including phenoxy) is 1. The van der Waals surface area contributed by atoms with Gasteiger partial charge in [-0.05, 0) is 73.5 Å². The Balaban J connectivity index is 1.53. The fraction of sp³-hybridized carbons (Fsp3) is 0.190. The molecule has 0 aliphatic carbocycles. The quantitative estimate of drug-likeness (QED) is 0.589. The largest absolute Gasteiger partial charge is 0.484 e. The lowest BCUT2D eigenvalue weighted by Crippen LogP contribution is -2.23. The van der Waals surface area contributed by atoms with E-state index in [0.717, 1.165) is 11.1 Å². The van der Waals surface area contributed by atoms with Crippen molar-refractivity contribution in [3.63, 3.8) is 0 Å². The normalized spacial score (nSPS) is 11.2. The Kier molecular flexibility index (Phi) is 6.36. The number of amides is 1. The zero-order chi connectivity index (χ0) is 20.9. The van der Waals surface area contributed by atoms with E-state index >= 15 is 0 Å². The van der Waals surface area contributed by atoms with E-state index < -0.39 is 10.0 Å². The third-order valence-electron chi connectivity index (χ3n) is 4.31. The Hall–Kier alpha value is -3.10. The monoisotopic (exact) mass is 414 g/mol. The van der Waals surface area contributed by atoms with Crippen LogP contribution in [0, 0.1) is 13.8 Å². The Labute approximate surface area is 169 Å². The van der Waals surface area contributed by atoms with Crippen molar-refractivity contribution in [2.75, 3.05) is 11.9 Å². The van der Waals surface area contributed by atoms with Crippen molar-refractivity contribution in [2.24, 2.45) is 0 Å². The molecule has 0 unspecified atom stereocenters. The fourth-order valence-electron chi connectivity index (χ4n) is 2.53. The summed E-state index contributed by atoms with van der Waals surface area (Å²) in [6.07, 6.45) is 1.48. The van der Waals surface area contributed by atoms with Crippen molar-refractivity contribution in [1.29, 1.82) is 0 Å². The maximum Gasteiger partial charge on any atom is 0.262 e. The number of anilines is 1. The molecule has 0 saturated heterocycles. The van der Waals surface area contributed by atoms with Gasteiger partial charge in [-0.3, -0.25) is 4.79 Å². The smallest absolute Gasteiger partial charge is 0.262 e. The van der Waals surface area contributed by atoms with Gasteiger partial charge in [0.25, 0.3) is 5.91 Å². The molecular formula is C21H22N2O5S. The van der Waals surface area contributed by atoms with E-state index in [1.807, 2.05) is 32.0 Å². The number of hydrogen-bond acceptors (Lipinski definition) is 5. The molecule has 3 rings (SSSR count). The summed E-state index contributed by atoms with van der Waals surface area (Å²) in [5.41, 5.74) is 2.71. The molecule has 0 fully saturated rings. The van der Waals surface area contributed by atoms with Crippen LogP contribution < -0.4 is 14.8 Å². The standard InChI is InChI=1S/C21H22N2O5S/c1-15-5-8-18(12-16(15)2)28-14-21(24)23-17-6-9-20(10-7-17)29(25,26)22-13-19-4-3-11-27-19/h3-12,22H,13-14H2,1-2H3,(H,23,24). The molecule has 0 bridgehead atoms. The van der Waals surface area contributed by atoms with Gasteiger partial charge in [-0.1, -0.05) is 6.07 Å². The molecule has 0 radical (unpaired) electrons. The van der Waals surface area contributed by atoms with E-state index in [4.69, 9.17) is 9.15 Å². The number of rotatable bonds is 8. The molecular weight excluding hydrogens is 392 g/mol. The first-order chi connectivity index (χ1) is 13.8. The first kappa shape index (κ1) is 20.6. The van der Waals surface area contributed by atoms with E-state index in [1.54, 1.807) is 12.1 Å². The highest BCUT2D eigenvalue weighted by molar-refractivity contribution is 7.89. The van der Waals surface area contributed by atoms with Crippen molar-refractivity contribution >= 4 is 21.6 Å². The predicted molar refractivity (Wildman–Crippen MR) is 109 cm³/mol. The van der Waals surface area contributed by atoms with Crippen molar-refractivity contribution in [1.82, 2.24) is 4.72 Å². The minimum Gasteiger partial charge on any atom is -0.484 e. The molecule has 0 atom stereocenters. The lowest BCUT2D eigenvalue weighted by molar-refractivity contribution is -0.118. The third kappa shape index (κ3) is 5.69. The Morgan fingerprint density at radius 3 is 2.45 bits per heavy atom. The molecule has 0 aliphatic rings. The van der Waals surface area contributed by atoms with E-state index in [9.17, 15) is 13.2 Å². The van der Waals surface area contributed by atoms with Crippen LogP contribution in [0.4, 0.5) is 5.69 Å². The maximum atomic E-state index is 12.3. The average molecular weight is 414 g/mol. The van der Waals surface area contributed by atoms with Gasteiger partial charge in [0, 0.05) is 5.69 Å². The van der Waals surface area contributed by atoms with Crippen molar-refractivity contribution in [2.45, 2.75) is 25.3 Å². The van der Waals surface area contributed by atoms with Crippen LogP contribution in [0.5, 0.6) is 5.75 Å². The van der Waals surface area contributed by atoms with Gasteiger partial charge in [0.05, 0.1) is 17.7 Å². The van der Waals surface area contributed by atoms with Gasteiger partial charge in [0.1, 0.15) is 11.5 Å². The van der Waals surface area contributed by atoms with Gasteiger partial charge >= 0.3 is 0 Å². The lowest BCUT2D eigenvalue weighted by Gasteiger charge is -2.10. The van der Waals surface area contributed by atoms with Crippen molar-refractivity contribution in [3.8, 4) is 5.75 Å². The van der Waals surface area contributed by atoms with Gasteiger partial charge in [-0.25, -0.2) is 13.1 Å². The number of carbonyl (C=O) groups is 1. The van der Waals surface area contributed by atoms with Crippen LogP contribution >= 0.6 is 0 Å². The molecule has 29 heavy (non-hydrogen) atoms. The van der Waals surface area contributed by atoms with E-state index in [-0.39, 0.29) is 24.0 Å². The fourth-order valence-corrected chi connectivity index (χ4v) is 3.52. The number of hydrogen-bond donors (Lipinski definition) is 2. The summed E-state index contributed by atoms with van der Waals surface area (Å²) in [4.78, 5) is 12.2. The highest BCUT2D eigenvalue weighted by Crippen LogP contribution is 2.17. The van der Waals surface area contributed by atoms with Crippen LogP contribution in [-0.2, 0) is 21.4 Å². The molecule has 7 nitrogen and oxygen atoms in total. The average Bonchev–Trinajstić information content (AvgIpc) is 3.22. The molecule has 152 valence electrons. The molecule has 0 spiro atoms. The van der Waals surface area contributed by atoms with Crippen LogP contribution in [0.3, 0.4) is 0 Å². The minimum absolute atomic E-state index is 0.0592. The highest BCUT2D eigenvalue weighted by atomic mass is 32.2. The van der Waals surface area contributed by atoms with Gasteiger partial charge in [-0.2, -0.15) is 0 Å². The molecule has 2 N–H and O–H groups in total. The second kappa shape index (κ2) is 8.93. The summed E-state index contributed by atoms with van der Waals surface area (Å²) < 4.78 is 37.7. The topological polar surface area (TPSA) is 97.6 Å². The molecule has 1 aromatic heterocycles. The van der Waals surface area contributed by atoms with E-state index in [2.05, 4.69) is 10.0 Å². The zero-order valence-corrected chi connectivity index (χ0v) is 17.0. The second-order valence-corrected chi connectivity index (χ2v) is 8.28. The zero-order valence-electron chi connectivity index (χ0n) is 16.1. The third-order valence-corrected chi connectivity index (χ3v) is 5.73. The number of nitrogens with one attached hydrogen (secondary N) is 2. The first-order valence-corrected chi connectivity index (χ1v) is 10.4. The summed E-state index contributed by atoms with van der Waals surface area (Å²) >= 11 is 0. The first-order valence-electron chi connectivity index (χ1n) is 8.95. The van der Waals surface area contributed by atoms with Crippen LogP contribution in [0.2, 0.25) is 0 Å². The van der Waals surface area contributed by atoms with E-state index in [1.165, 1.54) is 30.5 Å². The summed E-state index contributed by atoms with van der Waals surface area (Å²) in [5.74, 6) is 0.795. The van der Waals surface area contributed by atoms with Crippen LogP contribution in [0.1, 0.15) is 16.9 Å². The summed E-state index contributed by atoms with van der Waals surface area (Å²) in [6.45, 7) is 3.89. The molecule has 8 heteroatoms. The molecule has 0 saturated carbocycles. The van der Waals surface area contributed by atoms with Gasteiger partial charge in [0.15, 0.2) is 6.61 Å². The Bertz CT molecular complexity index is 1070. The van der Waals surface area contributed by atoms with Crippen molar-refractivity contribution < 1.29 is 22.4 Å². The number of aryl methyl sites for hydroxylation is 2. The SMILES string of the molecule is Cc1ccc(OCC(=O)Nc2ccc(S(=O)(=O)NCc3ccco3)cc2)cc1C. The maximum absolute atomic E-state index is 12.3. The second-order valence-electron chi connectivity index (χ2n) is 6.51. The van der Waals surface area contributed by atoms with E-state index in [0.29, 0.717) is 17.2 Å². The molecule has 0 aliphatic heterocycles. The Morgan fingerprint density at radius 2 is 1.79 bits per heavy atom. The number of sulfonamides is 1. The molecule has 2 aromatic carbocycles. The highest BCUT2D eigenvalue weighted by Gasteiger charge is 2.14.